The highest BCUT2D eigenvalue weighted by atomic mass is 35.5. The zero-order valence-corrected chi connectivity index (χ0v) is 14.7. The summed E-state index contributed by atoms with van der Waals surface area (Å²) in [5.74, 6) is 0. The Labute approximate surface area is 151 Å². The summed E-state index contributed by atoms with van der Waals surface area (Å²) >= 11 is 12.3. The third-order valence-corrected chi connectivity index (χ3v) is 4.46. The molecule has 2 aromatic heterocycles. The second-order valence-electron chi connectivity index (χ2n) is 5.61. The van der Waals surface area contributed by atoms with E-state index in [9.17, 15) is 0 Å². The molecular formula is C17H19Cl2N5. The van der Waals surface area contributed by atoms with Gasteiger partial charge in [0, 0.05) is 67.6 Å². The van der Waals surface area contributed by atoms with Crippen molar-refractivity contribution in [3.05, 3.63) is 71.2 Å². The molecule has 0 aliphatic heterocycles. The topological polar surface area (TPSA) is 38.9 Å². The predicted molar refractivity (Wildman–Crippen MR) is 96.2 cm³/mol. The van der Waals surface area contributed by atoms with Crippen molar-refractivity contribution < 1.29 is 0 Å². The fourth-order valence-electron chi connectivity index (χ4n) is 2.51. The molecule has 0 saturated carbocycles. The maximum atomic E-state index is 6.33. The maximum Gasteiger partial charge on any atom is 0.0946 e. The lowest BCUT2D eigenvalue weighted by Crippen LogP contribution is -2.30. The van der Waals surface area contributed by atoms with Gasteiger partial charge in [0.2, 0.25) is 0 Å². The second-order valence-corrected chi connectivity index (χ2v) is 6.46. The Bertz CT molecular complexity index is 702. The Hall–Kier alpha value is -1.82. The zero-order chi connectivity index (χ0) is 16.8. The fraction of sp³-hybridized carbons (Fsp3) is 0.294. The number of imidazole rings is 2. The highest BCUT2D eigenvalue weighted by Gasteiger charge is 2.10. The Morgan fingerprint density at radius 2 is 1.54 bits per heavy atom. The van der Waals surface area contributed by atoms with Gasteiger partial charge in [-0.25, -0.2) is 9.97 Å². The molecule has 0 unspecified atom stereocenters. The first kappa shape index (κ1) is 17.0. The molecule has 24 heavy (non-hydrogen) atoms. The van der Waals surface area contributed by atoms with Gasteiger partial charge in [-0.3, -0.25) is 4.90 Å². The van der Waals surface area contributed by atoms with Crippen molar-refractivity contribution >= 4 is 23.2 Å². The minimum atomic E-state index is 0.659. The molecule has 0 amide bonds. The number of hydrogen-bond donors (Lipinski definition) is 0. The van der Waals surface area contributed by atoms with Gasteiger partial charge in [-0.15, -0.1) is 0 Å². The van der Waals surface area contributed by atoms with Gasteiger partial charge in [0.05, 0.1) is 12.7 Å². The maximum absolute atomic E-state index is 6.33. The number of nitrogens with zero attached hydrogens (tertiary/aromatic N) is 5. The van der Waals surface area contributed by atoms with Gasteiger partial charge in [-0.05, 0) is 17.7 Å². The largest absolute Gasteiger partial charge is 0.336 e. The number of halogens is 2. The molecule has 2 heterocycles. The molecule has 0 bridgehead atoms. The van der Waals surface area contributed by atoms with E-state index in [4.69, 9.17) is 23.2 Å². The average molecular weight is 364 g/mol. The summed E-state index contributed by atoms with van der Waals surface area (Å²) in [5, 5.41) is 1.37. The first-order chi connectivity index (χ1) is 11.7. The van der Waals surface area contributed by atoms with E-state index in [0.717, 1.165) is 38.3 Å². The van der Waals surface area contributed by atoms with E-state index in [-0.39, 0.29) is 0 Å². The van der Waals surface area contributed by atoms with Crippen LogP contribution in [0.3, 0.4) is 0 Å². The van der Waals surface area contributed by atoms with Crippen molar-refractivity contribution in [2.75, 3.05) is 13.1 Å². The Kier molecular flexibility index (Phi) is 5.91. The quantitative estimate of drug-likeness (QED) is 0.613. The van der Waals surface area contributed by atoms with E-state index in [2.05, 4.69) is 24.0 Å². The van der Waals surface area contributed by atoms with E-state index in [1.165, 1.54) is 0 Å². The fourth-order valence-corrected chi connectivity index (χ4v) is 2.98. The van der Waals surface area contributed by atoms with Crippen LogP contribution in [0, 0.1) is 0 Å². The molecule has 3 rings (SSSR count). The Balaban J connectivity index is 1.65. The van der Waals surface area contributed by atoms with E-state index in [1.807, 2.05) is 37.2 Å². The molecule has 0 radical (unpaired) electrons. The van der Waals surface area contributed by atoms with E-state index >= 15 is 0 Å². The lowest BCUT2D eigenvalue weighted by atomic mass is 10.2. The summed E-state index contributed by atoms with van der Waals surface area (Å²) in [7, 11) is 0. The van der Waals surface area contributed by atoms with Crippen LogP contribution in [-0.2, 0) is 19.6 Å². The van der Waals surface area contributed by atoms with Crippen LogP contribution in [-0.4, -0.2) is 37.1 Å². The van der Waals surface area contributed by atoms with Gasteiger partial charge >= 0.3 is 0 Å². The van der Waals surface area contributed by atoms with E-state index < -0.39 is 0 Å². The van der Waals surface area contributed by atoms with Crippen molar-refractivity contribution in [3.8, 4) is 0 Å². The third kappa shape index (κ3) is 4.84. The number of hydrogen-bond acceptors (Lipinski definition) is 3. The zero-order valence-electron chi connectivity index (χ0n) is 13.2. The van der Waals surface area contributed by atoms with Gasteiger partial charge in [0.15, 0.2) is 0 Å². The summed E-state index contributed by atoms with van der Waals surface area (Å²) in [6.07, 6.45) is 11.2. The van der Waals surface area contributed by atoms with E-state index in [0.29, 0.717) is 10.0 Å². The standard InChI is InChI=1S/C17H19Cl2N5/c18-16-2-1-15(17(19)11-16)12-22(7-9-23-5-3-20-13-23)8-10-24-6-4-21-14-24/h1-6,11,13-14H,7-10,12H2. The summed E-state index contributed by atoms with van der Waals surface area (Å²) in [5.41, 5.74) is 1.08. The van der Waals surface area contributed by atoms with Gasteiger partial charge in [0.1, 0.15) is 0 Å². The molecule has 1 aromatic carbocycles. The van der Waals surface area contributed by atoms with Crippen LogP contribution in [0.25, 0.3) is 0 Å². The van der Waals surface area contributed by atoms with E-state index in [1.54, 1.807) is 18.5 Å². The molecule has 5 nitrogen and oxygen atoms in total. The van der Waals surface area contributed by atoms with Crippen molar-refractivity contribution in [3.63, 3.8) is 0 Å². The van der Waals surface area contributed by atoms with Crippen molar-refractivity contribution in [1.82, 2.24) is 24.0 Å². The lowest BCUT2D eigenvalue weighted by molar-refractivity contribution is 0.244. The summed E-state index contributed by atoms with van der Waals surface area (Å²) in [6.45, 7) is 4.36. The predicted octanol–water partition coefficient (Wildman–Crippen LogP) is 3.59. The van der Waals surface area contributed by atoms with Crippen molar-refractivity contribution in [2.45, 2.75) is 19.6 Å². The second kappa shape index (κ2) is 8.33. The van der Waals surface area contributed by atoms with Gasteiger partial charge in [0.25, 0.3) is 0 Å². The highest BCUT2D eigenvalue weighted by molar-refractivity contribution is 6.35. The number of aromatic nitrogens is 4. The average Bonchev–Trinajstić information content (AvgIpc) is 3.26. The lowest BCUT2D eigenvalue weighted by Gasteiger charge is -2.23. The first-order valence-electron chi connectivity index (χ1n) is 7.78. The molecule has 126 valence electrons. The van der Waals surface area contributed by atoms with Crippen LogP contribution in [0.15, 0.2) is 55.6 Å². The SMILES string of the molecule is Clc1ccc(CN(CCn2ccnc2)CCn2ccnc2)c(Cl)c1. The highest BCUT2D eigenvalue weighted by Crippen LogP contribution is 2.22. The molecule has 0 atom stereocenters. The number of rotatable bonds is 8. The van der Waals surface area contributed by atoms with Crippen LogP contribution >= 0.6 is 23.2 Å². The molecule has 0 fully saturated rings. The Morgan fingerprint density at radius 1 is 0.917 bits per heavy atom. The molecule has 0 aliphatic carbocycles. The molecule has 0 spiro atoms. The summed E-state index contributed by atoms with van der Waals surface area (Å²) < 4.78 is 4.15. The molecule has 7 heteroatoms. The van der Waals surface area contributed by atoms with Crippen LogP contribution in [0.4, 0.5) is 0 Å². The molecule has 0 N–H and O–H groups in total. The number of benzene rings is 1. The van der Waals surface area contributed by atoms with Gasteiger partial charge in [-0.2, -0.15) is 0 Å². The minimum absolute atomic E-state index is 0.659. The monoisotopic (exact) mass is 363 g/mol. The Morgan fingerprint density at radius 3 is 2.04 bits per heavy atom. The smallest absolute Gasteiger partial charge is 0.0946 e. The molecule has 3 aromatic rings. The first-order valence-corrected chi connectivity index (χ1v) is 8.54. The van der Waals surface area contributed by atoms with Gasteiger partial charge in [-0.1, -0.05) is 29.3 Å². The minimum Gasteiger partial charge on any atom is -0.336 e. The molecular weight excluding hydrogens is 345 g/mol. The third-order valence-electron chi connectivity index (χ3n) is 3.88. The van der Waals surface area contributed by atoms with Crippen LogP contribution in [0.5, 0.6) is 0 Å². The normalized spacial score (nSPS) is 11.3. The van der Waals surface area contributed by atoms with Crippen LogP contribution in [0.2, 0.25) is 10.0 Å². The molecule has 0 saturated heterocycles. The van der Waals surface area contributed by atoms with Crippen molar-refractivity contribution in [2.24, 2.45) is 0 Å². The summed E-state index contributed by atoms with van der Waals surface area (Å²) in [4.78, 5) is 10.6. The summed E-state index contributed by atoms with van der Waals surface area (Å²) in [6, 6.07) is 5.67. The molecule has 0 aliphatic rings. The van der Waals surface area contributed by atoms with Gasteiger partial charge < -0.3 is 9.13 Å². The van der Waals surface area contributed by atoms with Crippen LogP contribution < -0.4 is 0 Å². The van der Waals surface area contributed by atoms with Crippen LogP contribution in [0.1, 0.15) is 5.56 Å². The van der Waals surface area contributed by atoms with Crippen molar-refractivity contribution in [1.29, 1.82) is 0 Å².